The molecule has 2 aromatic heterocycles. The minimum absolute atomic E-state index is 0.0676. The van der Waals surface area contributed by atoms with Crippen molar-refractivity contribution >= 4 is 51.7 Å². The number of rotatable bonds is 3. The van der Waals surface area contributed by atoms with Crippen LogP contribution in [0.4, 0.5) is 5.82 Å². The Bertz CT molecular complexity index is 1220. The zero-order valence-electron chi connectivity index (χ0n) is 20.1. The van der Waals surface area contributed by atoms with Crippen LogP contribution in [0.5, 0.6) is 0 Å². The number of pyridine rings is 1. The summed E-state index contributed by atoms with van der Waals surface area (Å²) in [6.07, 6.45) is 10.1. The second kappa shape index (κ2) is 9.46. The van der Waals surface area contributed by atoms with Crippen molar-refractivity contribution in [1.82, 2.24) is 14.3 Å². The summed E-state index contributed by atoms with van der Waals surface area (Å²) in [6.45, 7) is 8.17. The number of anilines is 1. The second-order valence-corrected chi connectivity index (χ2v) is 11.9. The van der Waals surface area contributed by atoms with Crippen LogP contribution in [0, 0.1) is 18.8 Å². The summed E-state index contributed by atoms with van der Waals surface area (Å²) in [5, 5.41) is 0. The third-order valence-electron chi connectivity index (χ3n) is 7.27. The number of fused-ring (bicyclic) bond motifs is 1. The SMILES string of the molecule is Cc1cccn2c(=O)c(/C=C3\SC(=S)N(C4CCCCC4)C3=O)c(N3C[C@H](C)C[C@@H](C)C3)nc12. The number of hydrogen-bond donors (Lipinski definition) is 0. The highest BCUT2D eigenvalue weighted by Crippen LogP contribution is 2.38. The molecule has 0 N–H and O–H groups in total. The lowest BCUT2D eigenvalue weighted by Crippen LogP contribution is -2.41. The Morgan fingerprint density at radius 3 is 2.53 bits per heavy atom. The van der Waals surface area contributed by atoms with Gasteiger partial charge in [-0.1, -0.05) is 63.2 Å². The molecule has 180 valence electrons. The molecule has 8 heteroatoms. The Morgan fingerprint density at radius 2 is 1.82 bits per heavy atom. The fraction of sp³-hybridized carbons (Fsp3) is 0.538. The number of aryl methyl sites for hydroxylation is 1. The lowest BCUT2D eigenvalue weighted by Gasteiger charge is -2.36. The summed E-state index contributed by atoms with van der Waals surface area (Å²) in [5.74, 6) is 1.64. The molecular weight excluding hydrogens is 464 g/mol. The molecule has 2 atom stereocenters. The molecule has 2 aromatic rings. The lowest BCUT2D eigenvalue weighted by molar-refractivity contribution is -0.124. The first-order valence-corrected chi connectivity index (χ1v) is 13.6. The van der Waals surface area contributed by atoms with Gasteiger partial charge in [-0.15, -0.1) is 0 Å². The quantitative estimate of drug-likeness (QED) is 0.439. The average Bonchev–Trinajstić information content (AvgIpc) is 3.08. The largest absolute Gasteiger partial charge is 0.355 e. The molecule has 2 saturated heterocycles. The highest BCUT2D eigenvalue weighted by molar-refractivity contribution is 8.26. The van der Waals surface area contributed by atoms with Crippen molar-refractivity contribution < 1.29 is 4.79 Å². The summed E-state index contributed by atoms with van der Waals surface area (Å²) in [6, 6.07) is 4.01. The second-order valence-electron chi connectivity index (χ2n) is 10.2. The molecule has 0 aromatic carbocycles. The average molecular weight is 497 g/mol. The van der Waals surface area contributed by atoms with Gasteiger partial charge in [0.1, 0.15) is 15.8 Å². The molecule has 3 fully saturated rings. The molecule has 6 nitrogen and oxygen atoms in total. The lowest BCUT2D eigenvalue weighted by atomic mass is 9.91. The van der Waals surface area contributed by atoms with Crippen molar-refractivity contribution in [2.45, 2.75) is 65.3 Å². The maximum absolute atomic E-state index is 13.8. The van der Waals surface area contributed by atoms with Crippen molar-refractivity contribution in [3.05, 3.63) is 44.7 Å². The van der Waals surface area contributed by atoms with Gasteiger partial charge in [0.25, 0.3) is 11.5 Å². The summed E-state index contributed by atoms with van der Waals surface area (Å²) in [5.41, 5.74) is 1.96. The van der Waals surface area contributed by atoms with E-state index in [9.17, 15) is 9.59 Å². The molecule has 5 rings (SSSR count). The number of thiocarbonyl (C=S) groups is 1. The smallest absolute Gasteiger partial charge is 0.267 e. The molecule has 0 bridgehead atoms. The van der Waals surface area contributed by atoms with E-state index >= 15 is 0 Å². The van der Waals surface area contributed by atoms with Crippen molar-refractivity contribution in [2.75, 3.05) is 18.0 Å². The first-order chi connectivity index (χ1) is 16.3. The first kappa shape index (κ1) is 23.5. The van der Waals surface area contributed by atoms with Crippen LogP contribution in [0.3, 0.4) is 0 Å². The summed E-state index contributed by atoms with van der Waals surface area (Å²) < 4.78 is 2.21. The molecule has 34 heavy (non-hydrogen) atoms. The number of amides is 1. The molecule has 2 aliphatic heterocycles. The maximum Gasteiger partial charge on any atom is 0.267 e. The molecule has 1 amide bonds. The van der Waals surface area contributed by atoms with E-state index in [0.717, 1.165) is 50.8 Å². The predicted octanol–water partition coefficient (Wildman–Crippen LogP) is 5.02. The van der Waals surface area contributed by atoms with E-state index in [2.05, 4.69) is 18.7 Å². The number of aromatic nitrogens is 2. The van der Waals surface area contributed by atoms with Gasteiger partial charge in [0.15, 0.2) is 0 Å². The molecule has 3 aliphatic rings. The van der Waals surface area contributed by atoms with Crippen molar-refractivity contribution in [3.63, 3.8) is 0 Å². The monoisotopic (exact) mass is 496 g/mol. The number of carbonyl (C=O) groups is 1. The van der Waals surface area contributed by atoms with E-state index in [1.54, 1.807) is 21.6 Å². The van der Waals surface area contributed by atoms with E-state index in [0.29, 0.717) is 38.1 Å². The molecule has 0 radical (unpaired) electrons. The molecule has 0 spiro atoms. The van der Waals surface area contributed by atoms with E-state index in [1.807, 2.05) is 19.1 Å². The Morgan fingerprint density at radius 1 is 1.12 bits per heavy atom. The third-order valence-corrected chi connectivity index (χ3v) is 8.60. The Balaban J connectivity index is 1.62. The Hall–Kier alpha value is -2.19. The number of thioether (sulfide) groups is 1. The fourth-order valence-corrected chi connectivity index (χ4v) is 7.15. The van der Waals surface area contributed by atoms with Crippen LogP contribution in [0.25, 0.3) is 11.7 Å². The number of carbonyl (C=O) groups excluding carboxylic acids is 1. The molecule has 4 heterocycles. The third kappa shape index (κ3) is 4.31. The fourth-order valence-electron chi connectivity index (χ4n) is 5.77. The van der Waals surface area contributed by atoms with E-state index in [4.69, 9.17) is 17.2 Å². The predicted molar refractivity (Wildman–Crippen MR) is 143 cm³/mol. The summed E-state index contributed by atoms with van der Waals surface area (Å²) in [4.78, 5) is 36.8. The zero-order valence-corrected chi connectivity index (χ0v) is 21.8. The van der Waals surface area contributed by atoms with Crippen molar-refractivity contribution in [1.29, 1.82) is 0 Å². The normalized spacial score (nSPS) is 25.7. The van der Waals surface area contributed by atoms with Crippen molar-refractivity contribution in [2.24, 2.45) is 11.8 Å². The number of nitrogens with zero attached hydrogens (tertiary/aromatic N) is 4. The Kier molecular flexibility index (Phi) is 6.55. The van der Waals surface area contributed by atoms with Gasteiger partial charge in [0.2, 0.25) is 0 Å². The van der Waals surface area contributed by atoms with Crippen LogP contribution in [0.1, 0.15) is 63.5 Å². The van der Waals surface area contributed by atoms with Crippen LogP contribution in [0.2, 0.25) is 0 Å². The number of piperidine rings is 1. The van der Waals surface area contributed by atoms with E-state index in [1.165, 1.54) is 18.2 Å². The van der Waals surface area contributed by atoms with Gasteiger partial charge in [-0.25, -0.2) is 4.98 Å². The van der Waals surface area contributed by atoms with Gasteiger partial charge >= 0.3 is 0 Å². The standard InChI is InChI=1S/C26H32N4O2S2/c1-16-12-17(2)15-28(14-16)23-20(24(31)29-11-7-8-18(3)22(29)27-23)13-21-25(32)30(26(33)34-21)19-9-5-4-6-10-19/h7-8,11,13,16-17,19H,4-6,9-10,12,14-15H2,1-3H3/b21-13-/t16-,17-/m1/s1. The zero-order chi connectivity index (χ0) is 24.0. The van der Waals surface area contributed by atoms with Gasteiger partial charge in [-0.2, -0.15) is 0 Å². The molecule has 1 saturated carbocycles. The highest BCUT2D eigenvalue weighted by Gasteiger charge is 2.38. The maximum atomic E-state index is 13.8. The van der Waals surface area contributed by atoms with Gasteiger partial charge in [-0.05, 0) is 55.7 Å². The first-order valence-electron chi connectivity index (χ1n) is 12.4. The van der Waals surface area contributed by atoms with Crippen LogP contribution < -0.4 is 10.5 Å². The molecule has 1 aliphatic carbocycles. The molecule has 0 unspecified atom stereocenters. The number of hydrogen-bond acceptors (Lipinski definition) is 6. The Labute approximate surface area is 210 Å². The van der Waals surface area contributed by atoms with Gasteiger partial charge in [0, 0.05) is 25.3 Å². The van der Waals surface area contributed by atoms with Gasteiger partial charge in [-0.3, -0.25) is 18.9 Å². The van der Waals surface area contributed by atoms with Gasteiger partial charge in [0.05, 0.1) is 10.5 Å². The van der Waals surface area contributed by atoms with Crippen molar-refractivity contribution in [3.8, 4) is 0 Å². The van der Waals surface area contributed by atoms with Crippen LogP contribution in [-0.4, -0.2) is 43.6 Å². The minimum atomic E-state index is -0.141. The van der Waals surface area contributed by atoms with Crippen LogP contribution >= 0.6 is 24.0 Å². The summed E-state index contributed by atoms with van der Waals surface area (Å²) in [7, 11) is 0. The summed E-state index contributed by atoms with van der Waals surface area (Å²) >= 11 is 6.94. The topological polar surface area (TPSA) is 57.9 Å². The van der Waals surface area contributed by atoms with E-state index in [-0.39, 0.29) is 17.5 Å². The molecular formula is C26H32N4O2S2. The van der Waals surface area contributed by atoms with Crippen LogP contribution in [0.15, 0.2) is 28.0 Å². The minimum Gasteiger partial charge on any atom is -0.355 e. The van der Waals surface area contributed by atoms with Gasteiger partial charge < -0.3 is 4.90 Å². The van der Waals surface area contributed by atoms with Crippen LogP contribution in [-0.2, 0) is 4.79 Å². The van der Waals surface area contributed by atoms with E-state index < -0.39 is 0 Å². The highest BCUT2D eigenvalue weighted by atomic mass is 32.2.